The van der Waals surface area contributed by atoms with Crippen molar-refractivity contribution < 1.29 is 22.4 Å². The lowest BCUT2D eigenvalue weighted by Crippen LogP contribution is -3.13. The fourth-order valence-electron chi connectivity index (χ4n) is 3.57. The third-order valence-electron chi connectivity index (χ3n) is 4.89. The molecule has 1 aliphatic rings. The largest absolute Gasteiger partial charge is 1.00 e. The molecule has 0 aromatic heterocycles. The van der Waals surface area contributed by atoms with Crippen molar-refractivity contribution in [3.8, 4) is 0 Å². The first kappa shape index (κ1) is 19.5. The van der Waals surface area contributed by atoms with Crippen molar-refractivity contribution in [1.82, 2.24) is 0 Å². The molecular formula is C20H25BrClNO. The summed E-state index contributed by atoms with van der Waals surface area (Å²) in [5.41, 5.74) is 2.24. The molecule has 4 heteroatoms. The van der Waals surface area contributed by atoms with Crippen LogP contribution in [-0.2, 0) is 0 Å². The number of benzene rings is 2. The third kappa shape index (κ3) is 5.06. The van der Waals surface area contributed by atoms with Crippen LogP contribution >= 0.6 is 15.9 Å². The van der Waals surface area contributed by atoms with E-state index < -0.39 is 6.10 Å². The molecule has 0 aliphatic carbocycles. The minimum atomic E-state index is -0.458. The molecule has 24 heavy (non-hydrogen) atoms. The lowest BCUT2D eigenvalue weighted by Gasteiger charge is -2.30. The molecule has 1 saturated heterocycles. The lowest BCUT2D eigenvalue weighted by atomic mass is 9.88. The van der Waals surface area contributed by atoms with Crippen LogP contribution in [0.5, 0.6) is 0 Å². The summed E-state index contributed by atoms with van der Waals surface area (Å²) in [6.07, 6.45) is 3.52. The first-order valence-electron chi connectivity index (χ1n) is 8.56. The summed E-state index contributed by atoms with van der Waals surface area (Å²) in [6.45, 7) is 3.47. The van der Waals surface area contributed by atoms with E-state index in [2.05, 4.69) is 40.2 Å². The van der Waals surface area contributed by atoms with Crippen molar-refractivity contribution in [3.05, 3.63) is 70.2 Å². The van der Waals surface area contributed by atoms with E-state index in [9.17, 15) is 5.11 Å². The molecule has 2 unspecified atom stereocenters. The first-order valence-corrected chi connectivity index (χ1v) is 9.35. The van der Waals surface area contributed by atoms with Crippen LogP contribution in [0.25, 0.3) is 0 Å². The zero-order chi connectivity index (χ0) is 16.1. The minimum Gasteiger partial charge on any atom is -1.00 e. The average Bonchev–Trinajstić information content (AvgIpc) is 2.61. The number of quaternary nitrogens is 1. The van der Waals surface area contributed by atoms with Gasteiger partial charge in [0, 0.05) is 4.47 Å². The molecule has 0 saturated carbocycles. The second-order valence-corrected chi connectivity index (χ2v) is 7.44. The van der Waals surface area contributed by atoms with E-state index in [0.29, 0.717) is 0 Å². The molecular weight excluding hydrogens is 386 g/mol. The predicted octanol–water partition coefficient (Wildman–Crippen LogP) is 0.339. The van der Waals surface area contributed by atoms with E-state index in [-0.39, 0.29) is 18.3 Å². The van der Waals surface area contributed by atoms with Crippen LogP contribution in [0.15, 0.2) is 59.1 Å². The molecule has 2 aromatic rings. The van der Waals surface area contributed by atoms with Gasteiger partial charge in [-0.05, 0) is 42.5 Å². The van der Waals surface area contributed by atoms with Gasteiger partial charge in [-0.15, -0.1) is 0 Å². The predicted molar refractivity (Wildman–Crippen MR) is 97.7 cm³/mol. The van der Waals surface area contributed by atoms with Gasteiger partial charge in [-0.3, -0.25) is 0 Å². The van der Waals surface area contributed by atoms with Gasteiger partial charge in [-0.1, -0.05) is 58.4 Å². The lowest BCUT2D eigenvalue weighted by molar-refractivity contribution is -0.906. The Morgan fingerprint density at radius 1 is 0.875 bits per heavy atom. The SMILES string of the molecule is OC(c1ccc(Br)cc1)C(C[NH+]1CCCCC1)c1ccccc1.[Cl-]. The quantitative estimate of drug-likeness (QED) is 0.730. The van der Waals surface area contributed by atoms with E-state index >= 15 is 0 Å². The Morgan fingerprint density at radius 3 is 2.12 bits per heavy atom. The van der Waals surface area contributed by atoms with Crippen molar-refractivity contribution in [1.29, 1.82) is 0 Å². The highest BCUT2D eigenvalue weighted by atomic mass is 79.9. The summed E-state index contributed by atoms with van der Waals surface area (Å²) in [5.74, 6) is 0.144. The van der Waals surface area contributed by atoms with Crippen LogP contribution in [-0.4, -0.2) is 24.7 Å². The number of likely N-dealkylation sites (tertiary alicyclic amines) is 1. The number of hydrogen-bond donors (Lipinski definition) is 2. The summed E-state index contributed by atoms with van der Waals surface area (Å²) < 4.78 is 1.05. The van der Waals surface area contributed by atoms with E-state index in [0.717, 1.165) is 16.6 Å². The van der Waals surface area contributed by atoms with Crippen LogP contribution in [0, 0.1) is 0 Å². The fraction of sp³-hybridized carbons (Fsp3) is 0.400. The van der Waals surface area contributed by atoms with Crippen molar-refractivity contribution in [2.75, 3.05) is 19.6 Å². The normalized spacial score (nSPS) is 17.8. The van der Waals surface area contributed by atoms with Gasteiger partial charge < -0.3 is 22.4 Å². The van der Waals surface area contributed by atoms with Crippen LogP contribution in [0.3, 0.4) is 0 Å². The second kappa shape index (κ2) is 9.57. The highest BCUT2D eigenvalue weighted by Crippen LogP contribution is 2.30. The molecule has 130 valence electrons. The van der Waals surface area contributed by atoms with Crippen LogP contribution in [0.1, 0.15) is 42.4 Å². The molecule has 2 nitrogen and oxygen atoms in total. The monoisotopic (exact) mass is 409 g/mol. The van der Waals surface area contributed by atoms with Crippen LogP contribution in [0.2, 0.25) is 0 Å². The van der Waals surface area contributed by atoms with Crippen LogP contribution < -0.4 is 17.3 Å². The Bertz CT molecular complexity index is 599. The van der Waals surface area contributed by atoms with E-state index in [1.54, 1.807) is 4.90 Å². The van der Waals surface area contributed by atoms with Gasteiger partial charge in [0.1, 0.15) is 0 Å². The first-order chi connectivity index (χ1) is 11.2. The van der Waals surface area contributed by atoms with E-state index in [1.807, 2.05) is 30.3 Å². The number of piperidine rings is 1. The van der Waals surface area contributed by atoms with Gasteiger partial charge in [-0.2, -0.15) is 0 Å². The Morgan fingerprint density at radius 2 is 1.50 bits per heavy atom. The highest BCUT2D eigenvalue weighted by molar-refractivity contribution is 9.10. The van der Waals surface area contributed by atoms with Gasteiger partial charge in [0.25, 0.3) is 0 Å². The van der Waals surface area contributed by atoms with Crippen molar-refractivity contribution in [2.45, 2.75) is 31.3 Å². The van der Waals surface area contributed by atoms with Gasteiger partial charge in [0.2, 0.25) is 0 Å². The van der Waals surface area contributed by atoms with Crippen molar-refractivity contribution >= 4 is 15.9 Å². The molecule has 1 heterocycles. The minimum absolute atomic E-state index is 0. The molecule has 1 aliphatic heterocycles. The van der Waals surface area contributed by atoms with E-state index in [1.165, 1.54) is 37.9 Å². The Balaban J connectivity index is 0.00000208. The topological polar surface area (TPSA) is 24.7 Å². The summed E-state index contributed by atoms with van der Waals surface area (Å²) in [6, 6.07) is 18.5. The standard InChI is InChI=1S/C20H24BrNO.ClH/c21-18-11-9-17(10-12-18)20(23)19(16-7-3-1-4-8-16)15-22-13-5-2-6-14-22;/h1,3-4,7-12,19-20,23H,2,5-6,13-15H2;1H. The molecule has 1 fully saturated rings. The number of rotatable bonds is 5. The smallest absolute Gasteiger partial charge is 0.0912 e. The number of halogens is 2. The molecule has 0 bridgehead atoms. The maximum absolute atomic E-state index is 11.0. The molecule has 0 radical (unpaired) electrons. The summed E-state index contributed by atoms with van der Waals surface area (Å²) in [4.78, 5) is 1.63. The van der Waals surface area contributed by atoms with Gasteiger partial charge in [0.15, 0.2) is 0 Å². The Hall–Kier alpha value is -0.870. The zero-order valence-electron chi connectivity index (χ0n) is 13.8. The molecule has 2 atom stereocenters. The fourth-order valence-corrected chi connectivity index (χ4v) is 3.84. The Kier molecular flexibility index (Phi) is 7.76. The van der Waals surface area contributed by atoms with Gasteiger partial charge in [0.05, 0.1) is 31.7 Å². The van der Waals surface area contributed by atoms with Crippen LogP contribution in [0.4, 0.5) is 0 Å². The number of hydrogen-bond acceptors (Lipinski definition) is 1. The Labute approximate surface area is 159 Å². The van der Waals surface area contributed by atoms with Crippen molar-refractivity contribution in [2.24, 2.45) is 0 Å². The summed E-state index contributed by atoms with van der Waals surface area (Å²) in [5, 5.41) is 11.0. The third-order valence-corrected chi connectivity index (χ3v) is 5.42. The highest BCUT2D eigenvalue weighted by Gasteiger charge is 2.28. The molecule has 0 spiro atoms. The summed E-state index contributed by atoms with van der Waals surface area (Å²) >= 11 is 3.47. The van der Waals surface area contributed by atoms with Gasteiger partial charge in [-0.25, -0.2) is 0 Å². The van der Waals surface area contributed by atoms with E-state index in [4.69, 9.17) is 0 Å². The van der Waals surface area contributed by atoms with Crippen molar-refractivity contribution in [3.63, 3.8) is 0 Å². The molecule has 3 rings (SSSR count). The average molecular weight is 411 g/mol. The number of aliphatic hydroxyl groups excluding tert-OH is 1. The number of aliphatic hydroxyl groups is 1. The molecule has 2 aromatic carbocycles. The number of nitrogens with one attached hydrogen (secondary N) is 1. The zero-order valence-corrected chi connectivity index (χ0v) is 16.1. The second-order valence-electron chi connectivity index (χ2n) is 6.53. The molecule has 2 N–H and O–H groups in total. The maximum Gasteiger partial charge on any atom is 0.0912 e. The molecule has 0 amide bonds. The van der Waals surface area contributed by atoms with Gasteiger partial charge >= 0.3 is 0 Å². The maximum atomic E-state index is 11.0. The summed E-state index contributed by atoms with van der Waals surface area (Å²) in [7, 11) is 0.